The van der Waals surface area contributed by atoms with Crippen LogP contribution in [0.2, 0.25) is 0 Å². The van der Waals surface area contributed by atoms with Crippen LogP contribution in [-0.2, 0) is 13.1 Å². The van der Waals surface area contributed by atoms with Gasteiger partial charge in [0.15, 0.2) is 0 Å². The highest BCUT2D eigenvalue weighted by Crippen LogP contribution is 2.38. The van der Waals surface area contributed by atoms with Crippen LogP contribution in [0.25, 0.3) is 0 Å². The maximum absolute atomic E-state index is 13.6. The second-order valence-corrected chi connectivity index (χ2v) is 9.55. The van der Waals surface area contributed by atoms with Crippen LogP contribution in [0.4, 0.5) is 4.39 Å². The highest BCUT2D eigenvalue weighted by atomic mass is 19.1. The summed E-state index contributed by atoms with van der Waals surface area (Å²) in [4.78, 5) is 23.1. The van der Waals surface area contributed by atoms with Gasteiger partial charge in [0.1, 0.15) is 11.6 Å². The SMILES string of the molecule is CCC(c1ncc(C2CC2)c(=O)n1Cc1ccccc1)N(CCN(C)C)Cc1ccc(F)cc1. The van der Waals surface area contributed by atoms with Gasteiger partial charge in [-0.25, -0.2) is 9.37 Å². The van der Waals surface area contributed by atoms with E-state index in [0.29, 0.717) is 19.0 Å². The molecule has 3 aromatic rings. The Labute approximate surface area is 201 Å². The molecule has 1 aliphatic rings. The van der Waals surface area contributed by atoms with Crippen molar-refractivity contribution in [2.24, 2.45) is 0 Å². The third-order valence-electron chi connectivity index (χ3n) is 6.56. The van der Waals surface area contributed by atoms with E-state index in [1.54, 1.807) is 0 Å². The Kier molecular flexibility index (Phi) is 7.91. The van der Waals surface area contributed by atoms with Crippen LogP contribution >= 0.6 is 0 Å². The molecule has 0 N–H and O–H groups in total. The molecule has 1 fully saturated rings. The number of aromatic nitrogens is 2. The molecule has 1 aliphatic carbocycles. The van der Waals surface area contributed by atoms with E-state index in [4.69, 9.17) is 4.98 Å². The van der Waals surface area contributed by atoms with Gasteiger partial charge in [0.25, 0.3) is 5.56 Å². The molecule has 6 heteroatoms. The minimum absolute atomic E-state index is 0.0327. The average molecular weight is 463 g/mol. The van der Waals surface area contributed by atoms with Gasteiger partial charge in [0.2, 0.25) is 0 Å². The molecule has 0 aliphatic heterocycles. The number of halogens is 1. The Morgan fingerprint density at radius 1 is 1.03 bits per heavy atom. The zero-order chi connectivity index (χ0) is 24.1. The van der Waals surface area contributed by atoms with E-state index >= 15 is 0 Å². The van der Waals surface area contributed by atoms with E-state index in [1.165, 1.54) is 12.1 Å². The number of rotatable bonds is 11. The van der Waals surface area contributed by atoms with Crippen molar-refractivity contribution >= 4 is 0 Å². The summed E-state index contributed by atoms with van der Waals surface area (Å²) in [5, 5.41) is 0. The predicted octanol–water partition coefficient (Wildman–Crippen LogP) is 4.82. The van der Waals surface area contributed by atoms with E-state index in [9.17, 15) is 9.18 Å². The van der Waals surface area contributed by atoms with E-state index in [2.05, 4.69) is 43.0 Å². The number of benzene rings is 2. The van der Waals surface area contributed by atoms with E-state index in [0.717, 1.165) is 54.9 Å². The zero-order valence-electron chi connectivity index (χ0n) is 20.5. The highest BCUT2D eigenvalue weighted by molar-refractivity contribution is 5.23. The standard InChI is InChI=1S/C28H35FN4O/c1-4-26(32(17-16-31(2)3)19-22-10-14-24(29)15-11-22)27-30-18-25(23-12-13-23)28(34)33(27)20-21-8-6-5-7-9-21/h5-11,14-15,18,23,26H,4,12-13,16-17,19-20H2,1-3H3. The molecule has 0 radical (unpaired) electrons. The molecule has 1 unspecified atom stereocenters. The Morgan fingerprint density at radius 3 is 2.35 bits per heavy atom. The lowest BCUT2D eigenvalue weighted by atomic mass is 10.1. The fourth-order valence-corrected chi connectivity index (χ4v) is 4.48. The summed E-state index contributed by atoms with van der Waals surface area (Å²) in [5.41, 5.74) is 3.07. The average Bonchev–Trinajstić information content (AvgIpc) is 3.67. The summed E-state index contributed by atoms with van der Waals surface area (Å²) < 4.78 is 15.4. The lowest BCUT2D eigenvalue weighted by Gasteiger charge is -2.33. The molecular formula is C28H35FN4O. The van der Waals surface area contributed by atoms with Crippen molar-refractivity contribution in [3.63, 3.8) is 0 Å². The van der Waals surface area contributed by atoms with Crippen LogP contribution in [0, 0.1) is 5.82 Å². The van der Waals surface area contributed by atoms with Gasteiger partial charge in [-0.1, -0.05) is 49.4 Å². The monoisotopic (exact) mass is 462 g/mol. The third kappa shape index (κ3) is 5.99. The highest BCUT2D eigenvalue weighted by Gasteiger charge is 2.30. The molecular weight excluding hydrogens is 427 g/mol. The van der Waals surface area contributed by atoms with Crippen LogP contribution in [0.5, 0.6) is 0 Å². The van der Waals surface area contributed by atoms with Gasteiger partial charge in [-0.05, 0) is 62.5 Å². The fraction of sp³-hybridized carbons (Fsp3) is 0.429. The van der Waals surface area contributed by atoms with Gasteiger partial charge < -0.3 is 4.90 Å². The first-order valence-electron chi connectivity index (χ1n) is 12.2. The normalized spacial score (nSPS) is 14.6. The maximum Gasteiger partial charge on any atom is 0.257 e. The van der Waals surface area contributed by atoms with Gasteiger partial charge in [-0.15, -0.1) is 0 Å². The fourth-order valence-electron chi connectivity index (χ4n) is 4.48. The minimum Gasteiger partial charge on any atom is -0.308 e. The first-order chi connectivity index (χ1) is 16.5. The van der Waals surface area contributed by atoms with Crippen molar-refractivity contribution in [2.75, 3.05) is 27.2 Å². The number of nitrogens with zero attached hydrogens (tertiary/aromatic N) is 4. The molecule has 34 heavy (non-hydrogen) atoms. The minimum atomic E-state index is -0.232. The summed E-state index contributed by atoms with van der Waals surface area (Å²) in [5.74, 6) is 0.923. The van der Waals surface area contributed by atoms with Crippen molar-refractivity contribution in [2.45, 2.75) is 51.2 Å². The lowest BCUT2D eigenvalue weighted by Crippen LogP contribution is -2.38. The smallest absolute Gasteiger partial charge is 0.257 e. The van der Waals surface area contributed by atoms with Crippen LogP contribution in [0.3, 0.4) is 0 Å². The second-order valence-electron chi connectivity index (χ2n) is 9.55. The molecule has 0 saturated heterocycles. The lowest BCUT2D eigenvalue weighted by molar-refractivity contribution is 0.155. The summed E-state index contributed by atoms with van der Waals surface area (Å²) in [6.07, 6.45) is 4.77. The maximum atomic E-state index is 13.6. The van der Waals surface area contributed by atoms with Crippen LogP contribution in [0.15, 0.2) is 65.6 Å². The number of hydrogen-bond donors (Lipinski definition) is 0. The first-order valence-corrected chi connectivity index (χ1v) is 12.2. The molecule has 180 valence electrons. The van der Waals surface area contributed by atoms with Gasteiger partial charge in [0.05, 0.1) is 12.6 Å². The van der Waals surface area contributed by atoms with Crippen molar-refractivity contribution in [1.29, 1.82) is 0 Å². The van der Waals surface area contributed by atoms with Crippen LogP contribution < -0.4 is 5.56 Å². The van der Waals surface area contributed by atoms with Crippen LogP contribution in [-0.4, -0.2) is 46.5 Å². The van der Waals surface area contributed by atoms with Crippen molar-refractivity contribution < 1.29 is 4.39 Å². The Morgan fingerprint density at radius 2 is 1.74 bits per heavy atom. The summed E-state index contributed by atoms with van der Waals surface area (Å²) in [6.45, 7) is 5.01. The topological polar surface area (TPSA) is 41.4 Å². The van der Waals surface area contributed by atoms with E-state index in [1.807, 2.05) is 41.1 Å². The van der Waals surface area contributed by atoms with Gasteiger partial charge >= 0.3 is 0 Å². The zero-order valence-corrected chi connectivity index (χ0v) is 20.5. The van der Waals surface area contributed by atoms with Crippen molar-refractivity contribution in [3.05, 3.63) is 99.5 Å². The number of likely N-dealkylation sites (N-methyl/N-ethyl adjacent to an activating group) is 1. The molecule has 1 heterocycles. The van der Waals surface area contributed by atoms with E-state index in [-0.39, 0.29) is 17.4 Å². The summed E-state index contributed by atoms with van der Waals surface area (Å²) >= 11 is 0. The number of hydrogen-bond acceptors (Lipinski definition) is 4. The van der Waals surface area contributed by atoms with Gasteiger partial charge in [-0.3, -0.25) is 14.3 Å². The molecule has 0 spiro atoms. The second kappa shape index (κ2) is 11.1. The van der Waals surface area contributed by atoms with Gasteiger partial charge in [-0.2, -0.15) is 0 Å². The Balaban J connectivity index is 1.73. The molecule has 0 amide bonds. The summed E-state index contributed by atoms with van der Waals surface area (Å²) in [6, 6.07) is 16.8. The molecule has 1 saturated carbocycles. The first kappa shape index (κ1) is 24.3. The summed E-state index contributed by atoms with van der Waals surface area (Å²) in [7, 11) is 4.12. The molecule has 2 aromatic carbocycles. The largest absolute Gasteiger partial charge is 0.308 e. The van der Waals surface area contributed by atoms with Gasteiger partial charge in [0, 0.05) is 31.4 Å². The quantitative estimate of drug-likeness (QED) is 0.410. The van der Waals surface area contributed by atoms with Crippen molar-refractivity contribution in [3.8, 4) is 0 Å². The Bertz CT molecular complexity index is 1120. The Hall–Kier alpha value is -2.83. The molecule has 5 nitrogen and oxygen atoms in total. The molecule has 0 bridgehead atoms. The molecule has 1 atom stereocenters. The van der Waals surface area contributed by atoms with Crippen LogP contribution in [0.1, 0.15) is 60.7 Å². The third-order valence-corrected chi connectivity index (χ3v) is 6.56. The van der Waals surface area contributed by atoms with E-state index < -0.39 is 0 Å². The van der Waals surface area contributed by atoms with Crippen molar-refractivity contribution in [1.82, 2.24) is 19.4 Å². The predicted molar refractivity (Wildman–Crippen MR) is 134 cm³/mol. The molecule has 4 rings (SSSR count). The molecule has 1 aromatic heterocycles.